The number of pyridine rings is 1. The van der Waals surface area contributed by atoms with Gasteiger partial charge in [0.15, 0.2) is 11.6 Å². The fraction of sp³-hybridized carbons (Fsp3) is 0.304. The van der Waals surface area contributed by atoms with Crippen LogP contribution in [0.5, 0.6) is 0 Å². The highest BCUT2D eigenvalue weighted by atomic mass is 35.5. The monoisotopic (exact) mass is 558 g/mol. The van der Waals surface area contributed by atoms with E-state index in [0.717, 1.165) is 10.6 Å². The number of fused-ring (bicyclic) bond motifs is 1. The van der Waals surface area contributed by atoms with Gasteiger partial charge in [0.25, 0.3) is 5.56 Å². The summed E-state index contributed by atoms with van der Waals surface area (Å²) < 4.78 is 58.8. The topological polar surface area (TPSA) is 96.8 Å². The Hall–Kier alpha value is -3.38. The molecule has 3 heterocycles. The molecule has 1 atom stereocenters. The maximum absolute atomic E-state index is 15.0. The summed E-state index contributed by atoms with van der Waals surface area (Å²) in [4.78, 5) is 33.1. The highest BCUT2D eigenvalue weighted by molar-refractivity contribution is 6.37. The largest absolute Gasteiger partial charge is 0.417 e. The van der Waals surface area contributed by atoms with Crippen LogP contribution in [0, 0.1) is 12.7 Å². The number of hydrogen-bond acceptors (Lipinski definition) is 6. The molecule has 196 valence electrons. The molecule has 1 fully saturated rings. The van der Waals surface area contributed by atoms with Gasteiger partial charge in [-0.15, -0.1) is 5.10 Å². The van der Waals surface area contributed by atoms with Crippen LogP contribution in [0.1, 0.15) is 18.3 Å². The van der Waals surface area contributed by atoms with Crippen molar-refractivity contribution in [3.8, 4) is 11.1 Å². The van der Waals surface area contributed by atoms with Gasteiger partial charge in [0, 0.05) is 31.2 Å². The van der Waals surface area contributed by atoms with Crippen molar-refractivity contribution in [2.45, 2.75) is 26.1 Å². The quantitative estimate of drug-likeness (QED) is 0.222. The third-order valence-electron chi connectivity index (χ3n) is 6.08. The smallest absolute Gasteiger partial charge is 0.397 e. The van der Waals surface area contributed by atoms with Gasteiger partial charge in [-0.2, -0.15) is 17.7 Å². The summed E-state index contributed by atoms with van der Waals surface area (Å²) >= 11 is 11.8. The predicted octanol–water partition coefficient (Wildman–Crippen LogP) is 4.33. The Morgan fingerprint density at radius 1 is 1.22 bits per heavy atom. The first-order valence-corrected chi connectivity index (χ1v) is 11.6. The maximum atomic E-state index is 15.0. The van der Waals surface area contributed by atoms with Gasteiger partial charge in [-0.25, -0.2) is 9.37 Å². The number of nitrogens with zero attached hydrogens (tertiary/aromatic N) is 5. The first-order chi connectivity index (χ1) is 17.3. The number of piperazine rings is 1. The number of carbonyl (C=O) groups excluding carboxylic acids is 1. The molecule has 0 bridgehead atoms. The number of halogens is 6. The zero-order valence-corrected chi connectivity index (χ0v) is 21.0. The normalized spacial score (nSPS) is 16.4. The van der Waals surface area contributed by atoms with Crippen molar-refractivity contribution in [3.05, 3.63) is 62.4 Å². The molecule has 14 heteroatoms. The Morgan fingerprint density at radius 2 is 1.89 bits per heavy atom. The highest BCUT2D eigenvalue weighted by Gasteiger charge is 2.39. The summed E-state index contributed by atoms with van der Waals surface area (Å²) in [5.41, 5.74) is 0.308. The minimum Gasteiger partial charge on any atom is -0.397 e. The number of carbonyl (C=O) groups is 1. The molecule has 0 unspecified atom stereocenters. The Labute approximate surface area is 217 Å². The van der Waals surface area contributed by atoms with Gasteiger partial charge in [0.2, 0.25) is 5.91 Å². The van der Waals surface area contributed by atoms with Gasteiger partial charge in [0.1, 0.15) is 11.3 Å². The number of nitrogens with two attached hydrogens (primary N) is 1. The minimum atomic E-state index is -5.10. The Bertz CT molecular complexity index is 1480. The van der Waals surface area contributed by atoms with E-state index in [-0.39, 0.29) is 53.8 Å². The first kappa shape index (κ1) is 26.7. The van der Waals surface area contributed by atoms with Crippen molar-refractivity contribution in [2.24, 2.45) is 0 Å². The summed E-state index contributed by atoms with van der Waals surface area (Å²) in [6, 6.07) is 1.23. The van der Waals surface area contributed by atoms with Crippen molar-refractivity contribution >= 4 is 46.1 Å². The summed E-state index contributed by atoms with van der Waals surface area (Å²) in [7, 11) is 0. The van der Waals surface area contributed by atoms with E-state index in [1.165, 1.54) is 13.0 Å². The molecule has 1 aliphatic heterocycles. The Morgan fingerprint density at radius 3 is 2.49 bits per heavy atom. The summed E-state index contributed by atoms with van der Waals surface area (Å²) in [5, 5.41) is 3.09. The maximum Gasteiger partial charge on any atom is 0.417 e. The van der Waals surface area contributed by atoms with Crippen LogP contribution in [0.25, 0.3) is 16.6 Å². The van der Waals surface area contributed by atoms with Crippen LogP contribution in [0.4, 0.5) is 29.1 Å². The van der Waals surface area contributed by atoms with Gasteiger partial charge in [-0.05, 0) is 32.1 Å². The lowest BCUT2D eigenvalue weighted by atomic mass is 9.98. The first-order valence-electron chi connectivity index (χ1n) is 10.9. The average Bonchev–Trinajstić information content (AvgIpc) is 2.82. The fourth-order valence-corrected chi connectivity index (χ4v) is 4.83. The number of benzene rings is 1. The number of rotatable bonds is 3. The van der Waals surface area contributed by atoms with Gasteiger partial charge < -0.3 is 15.5 Å². The zero-order valence-electron chi connectivity index (χ0n) is 19.5. The molecule has 4 rings (SSSR count). The van der Waals surface area contributed by atoms with Crippen LogP contribution in [0.2, 0.25) is 10.0 Å². The van der Waals surface area contributed by atoms with Crippen molar-refractivity contribution < 1.29 is 22.4 Å². The molecular formula is C23H20Cl2F4N6O2. The fourth-order valence-electron chi connectivity index (χ4n) is 4.37. The number of hydrogen-bond donors (Lipinski definition) is 1. The number of aryl methyl sites for hydroxylation is 1. The van der Waals surface area contributed by atoms with E-state index >= 15 is 4.39 Å². The molecule has 3 aromatic rings. The molecule has 2 N–H and O–H groups in total. The third-order valence-corrected chi connectivity index (χ3v) is 6.66. The predicted molar refractivity (Wildman–Crippen MR) is 132 cm³/mol. The van der Waals surface area contributed by atoms with E-state index in [1.54, 1.807) is 16.7 Å². The molecule has 0 radical (unpaired) electrons. The van der Waals surface area contributed by atoms with Crippen LogP contribution in [-0.2, 0) is 11.0 Å². The van der Waals surface area contributed by atoms with Crippen LogP contribution in [-0.4, -0.2) is 51.1 Å². The number of amides is 1. The highest BCUT2D eigenvalue weighted by Crippen LogP contribution is 2.43. The van der Waals surface area contributed by atoms with E-state index in [4.69, 9.17) is 28.9 Å². The van der Waals surface area contributed by atoms with E-state index in [2.05, 4.69) is 16.7 Å². The van der Waals surface area contributed by atoms with E-state index in [0.29, 0.717) is 6.07 Å². The third kappa shape index (κ3) is 4.59. The second-order valence-corrected chi connectivity index (χ2v) is 9.30. The number of aromatic nitrogens is 3. The number of alkyl halides is 3. The van der Waals surface area contributed by atoms with E-state index in [9.17, 15) is 22.8 Å². The van der Waals surface area contributed by atoms with E-state index < -0.39 is 45.0 Å². The molecule has 8 nitrogen and oxygen atoms in total. The molecule has 1 aliphatic rings. The van der Waals surface area contributed by atoms with Crippen molar-refractivity contribution in [1.82, 2.24) is 19.5 Å². The Kier molecular flexibility index (Phi) is 6.84. The van der Waals surface area contributed by atoms with Crippen molar-refractivity contribution in [1.29, 1.82) is 0 Å². The average molecular weight is 559 g/mol. The molecule has 37 heavy (non-hydrogen) atoms. The lowest BCUT2D eigenvalue weighted by molar-refractivity contribution is -0.137. The van der Waals surface area contributed by atoms with Crippen LogP contribution in [0.15, 0.2) is 29.6 Å². The van der Waals surface area contributed by atoms with Crippen LogP contribution < -0.4 is 16.2 Å². The van der Waals surface area contributed by atoms with Crippen molar-refractivity contribution in [2.75, 3.05) is 30.3 Å². The van der Waals surface area contributed by atoms with Gasteiger partial charge in [-0.1, -0.05) is 29.8 Å². The van der Waals surface area contributed by atoms with Crippen LogP contribution >= 0.6 is 23.2 Å². The molecule has 1 amide bonds. The minimum absolute atomic E-state index is 0.0532. The standard InChI is InChI=1S/C23H20Cl2F4N6O2/c1-4-16(36)33-5-6-34(10(2)9-33)21-15-7-12(23(27,28)29)17(22(37)35(15)32-11(3)31-21)18-19(26)13(24)8-14(25)20(18)30/h4,7-8,10H,1,5-6,9,30H2,2-3H3/t10-/m0/s1. The van der Waals surface area contributed by atoms with Gasteiger partial charge >= 0.3 is 6.18 Å². The van der Waals surface area contributed by atoms with E-state index in [1.807, 2.05) is 0 Å². The lowest BCUT2D eigenvalue weighted by Gasteiger charge is -2.40. The molecule has 1 aromatic carbocycles. The molecule has 2 aromatic heterocycles. The van der Waals surface area contributed by atoms with Gasteiger partial charge in [0.05, 0.1) is 26.9 Å². The van der Waals surface area contributed by atoms with Crippen molar-refractivity contribution in [3.63, 3.8) is 0 Å². The molecule has 1 saturated heterocycles. The lowest BCUT2D eigenvalue weighted by Crippen LogP contribution is -2.54. The SMILES string of the molecule is C=CC(=O)N1CCN(c2nc(C)nn3c(=O)c(-c4c(N)c(Cl)cc(Cl)c4F)c(C(F)(F)F)cc23)[C@@H](C)C1. The summed E-state index contributed by atoms with van der Waals surface area (Å²) in [6.45, 7) is 7.40. The number of anilines is 2. The summed E-state index contributed by atoms with van der Waals surface area (Å²) in [5.74, 6) is -1.48. The number of nitrogen functional groups attached to an aromatic ring is 1. The zero-order chi connectivity index (χ0) is 27.4. The van der Waals surface area contributed by atoms with Crippen LogP contribution in [0.3, 0.4) is 0 Å². The van der Waals surface area contributed by atoms with Gasteiger partial charge in [-0.3, -0.25) is 9.59 Å². The second-order valence-electron chi connectivity index (χ2n) is 8.49. The Balaban J connectivity index is 2.03. The molecule has 0 spiro atoms. The molecule has 0 saturated carbocycles. The second kappa shape index (κ2) is 9.49. The molecule has 0 aliphatic carbocycles. The molecular weight excluding hydrogens is 539 g/mol. The summed E-state index contributed by atoms with van der Waals surface area (Å²) in [6.07, 6.45) is -3.92.